The predicted octanol–water partition coefficient (Wildman–Crippen LogP) is 5.13. The van der Waals surface area contributed by atoms with E-state index in [9.17, 15) is 24.4 Å². The summed E-state index contributed by atoms with van der Waals surface area (Å²) in [6.45, 7) is 9.28. The molecule has 0 aliphatic heterocycles. The number of halogens is 2. The number of carbonyl (C=O) groups is 1. The largest absolute Gasteiger partial charge is 0.444 e. The molecule has 1 unspecified atom stereocenters. The number of hydrogen-bond acceptors (Lipinski definition) is 6. The van der Waals surface area contributed by atoms with Crippen LogP contribution in [0, 0.1) is 15.9 Å². The molecule has 1 atom stereocenters. The maximum absolute atomic E-state index is 13.7. The summed E-state index contributed by atoms with van der Waals surface area (Å²) in [5.41, 5.74) is -2.29. The Morgan fingerprint density at radius 2 is 1.82 bits per heavy atom. The second-order valence-corrected chi connectivity index (χ2v) is 10.0. The summed E-state index contributed by atoms with van der Waals surface area (Å²) in [5, 5.41) is 21.8. The van der Waals surface area contributed by atoms with Crippen LogP contribution < -0.4 is 0 Å². The summed E-state index contributed by atoms with van der Waals surface area (Å²) >= 11 is 5.93. The number of benzene rings is 1. The molecule has 0 bridgehead atoms. The molecule has 0 aliphatic rings. The highest BCUT2D eigenvalue weighted by molar-refractivity contribution is 6.31. The van der Waals surface area contributed by atoms with Crippen LogP contribution in [0.15, 0.2) is 30.3 Å². The molecule has 0 spiro atoms. The van der Waals surface area contributed by atoms with Crippen LogP contribution in [-0.2, 0) is 15.9 Å². The number of aromatic nitrogens is 1. The quantitative estimate of drug-likeness (QED) is 0.453. The van der Waals surface area contributed by atoms with Crippen molar-refractivity contribution >= 4 is 17.7 Å². The third-order valence-corrected chi connectivity index (χ3v) is 5.53. The van der Waals surface area contributed by atoms with Crippen LogP contribution >= 0.6 is 11.6 Å². The standard InChI is InChI=1S/C23H29ClFN3O5/c1-21(2,3)33-20(29)27(7)22(4,5)15-11-18(14-8-9-17(25)16(24)10-14)26-19(12-15)23(6,30)13-28(31)32/h8-12,30H,13H2,1-7H3. The first kappa shape index (κ1) is 26.5. The van der Waals surface area contributed by atoms with Crippen molar-refractivity contribution in [3.05, 3.63) is 62.5 Å². The van der Waals surface area contributed by atoms with E-state index < -0.39 is 40.1 Å². The molecule has 0 radical (unpaired) electrons. The summed E-state index contributed by atoms with van der Waals surface area (Å²) in [5.74, 6) is -0.609. The number of nitro groups is 1. The zero-order valence-corrected chi connectivity index (χ0v) is 20.5. The van der Waals surface area contributed by atoms with E-state index in [1.807, 2.05) is 0 Å². The van der Waals surface area contributed by atoms with Crippen molar-refractivity contribution in [2.75, 3.05) is 13.6 Å². The molecular formula is C23H29ClFN3O5. The fourth-order valence-corrected chi connectivity index (χ4v) is 3.23. The van der Waals surface area contributed by atoms with Gasteiger partial charge >= 0.3 is 6.09 Å². The molecule has 0 aliphatic carbocycles. The Labute approximate surface area is 197 Å². The minimum Gasteiger partial charge on any atom is -0.444 e. The number of amides is 1. The fraction of sp³-hybridized carbons (Fsp3) is 0.478. The summed E-state index contributed by atoms with van der Waals surface area (Å²) < 4.78 is 19.2. The van der Waals surface area contributed by atoms with E-state index >= 15 is 0 Å². The van der Waals surface area contributed by atoms with Gasteiger partial charge in [-0.25, -0.2) is 14.2 Å². The van der Waals surface area contributed by atoms with Crippen LogP contribution in [0.3, 0.4) is 0 Å². The van der Waals surface area contributed by atoms with Gasteiger partial charge in [-0.2, -0.15) is 0 Å². The number of ether oxygens (including phenoxy) is 1. The van der Waals surface area contributed by atoms with Crippen molar-refractivity contribution in [2.45, 2.75) is 58.3 Å². The summed E-state index contributed by atoms with van der Waals surface area (Å²) in [7, 11) is 1.57. The lowest BCUT2D eigenvalue weighted by Gasteiger charge is -2.37. The van der Waals surface area contributed by atoms with Gasteiger partial charge in [0.1, 0.15) is 11.4 Å². The molecule has 33 heavy (non-hydrogen) atoms. The van der Waals surface area contributed by atoms with Gasteiger partial charge in [0.25, 0.3) is 0 Å². The zero-order valence-electron chi connectivity index (χ0n) is 19.8. The lowest BCUT2D eigenvalue weighted by molar-refractivity contribution is -0.501. The topological polar surface area (TPSA) is 106 Å². The Hall–Kier alpha value is -2.78. The molecule has 0 saturated heterocycles. The van der Waals surface area contributed by atoms with E-state index in [0.29, 0.717) is 16.8 Å². The highest BCUT2D eigenvalue weighted by atomic mass is 35.5. The van der Waals surface area contributed by atoms with Crippen LogP contribution in [-0.4, -0.2) is 45.2 Å². The van der Waals surface area contributed by atoms with Gasteiger partial charge < -0.3 is 14.7 Å². The molecule has 0 saturated carbocycles. The van der Waals surface area contributed by atoms with Crippen molar-refractivity contribution in [2.24, 2.45) is 0 Å². The molecule has 2 aromatic rings. The molecule has 10 heteroatoms. The number of rotatable bonds is 6. The van der Waals surface area contributed by atoms with Crippen molar-refractivity contribution in [1.82, 2.24) is 9.88 Å². The number of carbonyl (C=O) groups excluding carboxylic acids is 1. The van der Waals surface area contributed by atoms with E-state index in [-0.39, 0.29) is 10.7 Å². The zero-order chi connectivity index (χ0) is 25.4. The Balaban J connectivity index is 2.67. The second-order valence-electron chi connectivity index (χ2n) is 9.62. The minimum atomic E-state index is -1.90. The molecule has 180 valence electrons. The van der Waals surface area contributed by atoms with E-state index in [0.717, 1.165) is 0 Å². The first-order valence-corrected chi connectivity index (χ1v) is 10.6. The monoisotopic (exact) mass is 481 g/mol. The normalized spacial score (nSPS) is 13.9. The highest BCUT2D eigenvalue weighted by Crippen LogP contribution is 2.34. The maximum Gasteiger partial charge on any atom is 0.410 e. The average Bonchev–Trinajstić information content (AvgIpc) is 2.66. The van der Waals surface area contributed by atoms with Crippen LogP contribution in [0.4, 0.5) is 9.18 Å². The third kappa shape index (κ3) is 6.39. The van der Waals surface area contributed by atoms with E-state index in [1.165, 1.54) is 36.1 Å². The van der Waals surface area contributed by atoms with Gasteiger partial charge in [0, 0.05) is 17.5 Å². The molecule has 8 nitrogen and oxygen atoms in total. The van der Waals surface area contributed by atoms with Gasteiger partial charge in [0.05, 0.1) is 21.9 Å². The fourth-order valence-electron chi connectivity index (χ4n) is 3.05. The van der Waals surface area contributed by atoms with Crippen LogP contribution in [0.2, 0.25) is 5.02 Å². The van der Waals surface area contributed by atoms with E-state index in [1.54, 1.807) is 47.7 Å². The van der Waals surface area contributed by atoms with Gasteiger partial charge in [0.2, 0.25) is 6.54 Å². The maximum atomic E-state index is 13.7. The minimum absolute atomic E-state index is 0.0258. The summed E-state index contributed by atoms with van der Waals surface area (Å²) in [6.07, 6.45) is -0.575. The molecule has 1 aromatic carbocycles. The first-order chi connectivity index (χ1) is 14.9. The van der Waals surface area contributed by atoms with Gasteiger partial charge in [-0.15, -0.1) is 0 Å². The van der Waals surface area contributed by atoms with Crippen molar-refractivity contribution in [3.8, 4) is 11.3 Å². The number of pyridine rings is 1. The van der Waals surface area contributed by atoms with Crippen molar-refractivity contribution in [3.63, 3.8) is 0 Å². The highest BCUT2D eigenvalue weighted by Gasteiger charge is 2.37. The van der Waals surface area contributed by atoms with Crippen LogP contribution in [0.1, 0.15) is 52.8 Å². The van der Waals surface area contributed by atoms with Gasteiger partial charge in [-0.05, 0) is 77.4 Å². The number of nitrogens with zero attached hydrogens (tertiary/aromatic N) is 3. The third-order valence-electron chi connectivity index (χ3n) is 5.24. The Bertz CT molecular complexity index is 1070. The van der Waals surface area contributed by atoms with Crippen LogP contribution in [0.25, 0.3) is 11.3 Å². The summed E-state index contributed by atoms with van der Waals surface area (Å²) in [6, 6.07) is 7.19. The number of hydrogen-bond donors (Lipinski definition) is 1. The smallest absolute Gasteiger partial charge is 0.410 e. The molecule has 1 aromatic heterocycles. The molecule has 0 fully saturated rings. The Kier molecular flexibility index (Phi) is 7.40. The first-order valence-electron chi connectivity index (χ1n) is 10.2. The Morgan fingerprint density at radius 3 is 2.33 bits per heavy atom. The van der Waals surface area contributed by atoms with Gasteiger partial charge in [-0.1, -0.05) is 11.6 Å². The molecule has 1 heterocycles. The van der Waals surface area contributed by atoms with E-state index in [2.05, 4.69) is 4.98 Å². The van der Waals surface area contributed by atoms with Crippen molar-refractivity contribution in [1.29, 1.82) is 0 Å². The summed E-state index contributed by atoms with van der Waals surface area (Å²) in [4.78, 5) is 29.0. The molecule has 1 N–H and O–H groups in total. The Morgan fingerprint density at radius 1 is 1.21 bits per heavy atom. The van der Waals surface area contributed by atoms with E-state index in [4.69, 9.17) is 16.3 Å². The average molecular weight is 482 g/mol. The lowest BCUT2D eigenvalue weighted by Crippen LogP contribution is -2.45. The molecule has 1 amide bonds. The van der Waals surface area contributed by atoms with Crippen LogP contribution in [0.5, 0.6) is 0 Å². The second kappa shape index (κ2) is 9.23. The number of aliphatic hydroxyl groups is 1. The van der Waals surface area contributed by atoms with Gasteiger partial charge in [0.15, 0.2) is 5.60 Å². The van der Waals surface area contributed by atoms with Gasteiger partial charge in [-0.3, -0.25) is 10.1 Å². The predicted molar refractivity (Wildman–Crippen MR) is 123 cm³/mol. The SMILES string of the molecule is CN(C(=O)OC(C)(C)C)C(C)(C)c1cc(-c2ccc(F)c(Cl)c2)nc(C(C)(O)C[N+](=O)[O-])c1. The van der Waals surface area contributed by atoms with Crippen molar-refractivity contribution < 1.29 is 24.0 Å². The molecular weight excluding hydrogens is 453 g/mol. The molecule has 2 rings (SSSR count). The lowest BCUT2D eigenvalue weighted by atomic mass is 9.89.